The lowest BCUT2D eigenvalue weighted by Gasteiger charge is -2.27. The minimum atomic E-state index is 0.731. The third-order valence-corrected chi connectivity index (χ3v) is 6.04. The summed E-state index contributed by atoms with van der Waals surface area (Å²) in [6.07, 6.45) is 8.53. The highest BCUT2D eigenvalue weighted by molar-refractivity contribution is 6.31. The molecule has 0 aliphatic heterocycles. The molecule has 2 saturated carbocycles. The van der Waals surface area contributed by atoms with Crippen molar-refractivity contribution in [3.05, 3.63) is 34.9 Å². The average molecular weight is 306 g/mol. The first-order valence-electron chi connectivity index (χ1n) is 8.70. The van der Waals surface area contributed by atoms with Crippen LogP contribution in [0.3, 0.4) is 0 Å². The van der Waals surface area contributed by atoms with E-state index in [1.54, 1.807) is 0 Å². The minimum absolute atomic E-state index is 0.731. The van der Waals surface area contributed by atoms with Gasteiger partial charge in [-0.15, -0.1) is 0 Å². The van der Waals surface area contributed by atoms with Crippen LogP contribution in [0.15, 0.2) is 24.3 Å². The van der Waals surface area contributed by atoms with Crippen LogP contribution in [0.5, 0.6) is 0 Å². The Kier molecular flexibility index (Phi) is 5.24. The lowest BCUT2D eigenvalue weighted by atomic mass is 9.80. The van der Waals surface area contributed by atoms with Gasteiger partial charge in [0.1, 0.15) is 0 Å². The maximum absolute atomic E-state index is 6.36. The summed E-state index contributed by atoms with van der Waals surface area (Å²) in [6.45, 7) is 4.40. The normalized spacial score (nSPS) is 29.0. The van der Waals surface area contributed by atoms with E-state index in [-0.39, 0.29) is 0 Å². The summed E-state index contributed by atoms with van der Waals surface area (Å²) in [7, 11) is 0. The van der Waals surface area contributed by atoms with Crippen molar-refractivity contribution in [3.63, 3.8) is 0 Å². The van der Waals surface area contributed by atoms with Crippen LogP contribution < -0.4 is 5.32 Å². The molecule has 2 aliphatic carbocycles. The summed E-state index contributed by atoms with van der Waals surface area (Å²) in [5.74, 6) is 3.80. The van der Waals surface area contributed by atoms with Gasteiger partial charge in [-0.1, -0.05) is 43.1 Å². The van der Waals surface area contributed by atoms with Crippen LogP contribution in [0.1, 0.15) is 44.6 Å². The molecule has 2 aliphatic rings. The average Bonchev–Trinajstić information content (AvgIpc) is 3.09. The maximum Gasteiger partial charge on any atom is 0.0438 e. The molecule has 3 rings (SSSR count). The SMILES string of the molecule is CCNCC(Cc1ccccc1Cl)CC1CC2CCC1C2. The number of halogens is 1. The Hall–Kier alpha value is -0.530. The van der Waals surface area contributed by atoms with Gasteiger partial charge in [0, 0.05) is 5.02 Å². The van der Waals surface area contributed by atoms with E-state index in [0.717, 1.165) is 48.2 Å². The first-order chi connectivity index (χ1) is 10.3. The van der Waals surface area contributed by atoms with Crippen LogP contribution in [-0.2, 0) is 6.42 Å². The first-order valence-corrected chi connectivity index (χ1v) is 9.08. The highest BCUT2D eigenvalue weighted by Gasteiger charge is 2.39. The fourth-order valence-corrected chi connectivity index (χ4v) is 4.87. The third-order valence-electron chi connectivity index (χ3n) is 5.67. The molecule has 2 heteroatoms. The monoisotopic (exact) mass is 305 g/mol. The van der Waals surface area contributed by atoms with Crippen LogP contribution in [0.25, 0.3) is 0 Å². The van der Waals surface area contributed by atoms with Crippen molar-refractivity contribution in [2.24, 2.45) is 23.7 Å². The maximum atomic E-state index is 6.36. The Morgan fingerprint density at radius 2 is 2.10 bits per heavy atom. The van der Waals surface area contributed by atoms with Crippen molar-refractivity contribution in [2.45, 2.75) is 45.4 Å². The van der Waals surface area contributed by atoms with Gasteiger partial charge in [0.05, 0.1) is 0 Å². The molecular formula is C19H28ClN. The third kappa shape index (κ3) is 3.81. The highest BCUT2D eigenvalue weighted by atomic mass is 35.5. The molecule has 1 aromatic rings. The molecule has 21 heavy (non-hydrogen) atoms. The number of fused-ring (bicyclic) bond motifs is 2. The van der Waals surface area contributed by atoms with Crippen LogP contribution in [0, 0.1) is 23.7 Å². The molecular weight excluding hydrogens is 278 g/mol. The molecule has 4 atom stereocenters. The van der Waals surface area contributed by atoms with E-state index in [9.17, 15) is 0 Å². The molecule has 0 amide bonds. The van der Waals surface area contributed by atoms with E-state index in [4.69, 9.17) is 11.6 Å². The number of benzene rings is 1. The van der Waals surface area contributed by atoms with Crippen LogP contribution in [0.2, 0.25) is 5.02 Å². The fraction of sp³-hybridized carbons (Fsp3) is 0.684. The largest absolute Gasteiger partial charge is 0.317 e. The van der Waals surface area contributed by atoms with Crippen molar-refractivity contribution in [2.75, 3.05) is 13.1 Å². The molecule has 0 aromatic heterocycles. The molecule has 4 unspecified atom stereocenters. The number of hydrogen-bond donors (Lipinski definition) is 1. The van der Waals surface area contributed by atoms with E-state index < -0.39 is 0 Å². The quantitative estimate of drug-likeness (QED) is 0.753. The lowest BCUT2D eigenvalue weighted by molar-refractivity contribution is 0.262. The number of nitrogens with one attached hydrogen (secondary N) is 1. The molecule has 0 radical (unpaired) electrons. The second kappa shape index (κ2) is 7.15. The van der Waals surface area contributed by atoms with Crippen LogP contribution in [-0.4, -0.2) is 13.1 Å². The van der Waals surface area contributed by atoms with Gasteiger partial charge in [-0.2, -0.15) is 0 Å². The molecule has 0 spiro atoms. The van der Waals surface area contributed by atoms with Gasteiger partial charge in [0.2, 0.25) is 0 Å². The number of rotatable bonds is 7. The lowest BCUT2D eigenvalue weighted by Crippen LogP contribution is -2.27. The van der Waals surface area contributed by atoms with Crippen molar-refractivity contribution < 1.29 is 0 Å². The molecule has 2 bridgehead atoms. The Labute approximate surface area is 134 Å². The van der Waals surface area contributed by atoms with Gasteiger partial charge in [-0.05, 0) is 80.5 Å². The molecule has 1 nitrogen and oxygen atoms in total. The van der Waals surface area contributed by atoms with Gasteiger partial charge in [-0.3, -0.25) is 0 Å². The highest BCUT2D eigenvalue weighted by Crippen LogP contribution is 2.50. The molecule has 1 N–H and O–H groups in total. The summed E-state index contributed by atoms with van der Waals surface area (Å²) in [5.41, 5.74) is 1.32. The van der Waals surface area contributed by atoms with Gasteiger partial charge in [0.25, 0.3) is 0 Å². The zero-order chi connectivity index (χ0) is 14.7. The van der Waals surface area contributed by atoms with Gasteiger partial charge in [0.15, 0.2) is 0 Å². The van der Waals surface area contributed by atoms with E-state index in [0.29, 0.717) is 0 Å². The topological polar surface area (TPSA) is 12.0 Å². The van der Waals surface area contributed by atoms with Crippen molar-refractivity contribution in [1.29, 1.82) is 0 Å². The van der Waals surface area contributed by atoms with E-state index >= 15 is 0 Å². The second-order valence-electron chi connectivity index (χ2n) is 7.14. The van der Waals surface area contributed by atoms with E-state index in [2.05, 4.69) is 24.4 Å². The van der Waals surface area contributed by atoms with E-state index in [1.807, 2.05) is 12.1 Å². The van der Waals surface area contributed by atoms with Gasteiger partial charge in [-0.25, -0.2) is 0 Å². The Balaban J connectivity index is 1.62. The number of hydrogen-bond acceptors (Lipinski definition) is 1. The summed E-state index contributed by atoms with van der Waals surface area (Å²) >= 11 is 6.36. The summed E-state index contributed by atoms with van der Waals surface area (Å²) < 4.78 is 0. The van der Waals surface area contributed by atoms with Gasteiger partial charge < -0.3 is 5.32 Å². The predicted molar refractivity (Wildman–Crippen MR) is 90.7 cm³/mol. The molecule has 116 valence electrons. The Morgan fingerprint density at radius 3 is 2.76 bits per heavy atom. The summed E-state index contributed by atoms with van der Waals surface area (Å²) in [6, 6.07) is 8.37. The molecule has 0 heterocycles. The van der Waals surface area contributed by atoms with Crippen molar-refractivity contribution in [3.8, 4) is 0 Å². The first kappa shape index (κ1) is 15.4. The van der Waals surface area contributed by atoms with Crippen LogP contribution >= 0.6 is 11.6 Å². The van der Waals surface area contributed by atoms with Crippen molar-refractivity contribution in [1.82, 2.24) is 5.32 Å². The second-order valence-corrected chi connectivity index (χ2v) is 7.55. The smallest absolute Gasteiger partial charge is 0.0438 e. The standard InChI is InChI=1S/C19H28ClN/c1-2-21-13-15(11-17-5-3-4-6-19(17)20)12-18-10-14-7-8-16(18)9-14/h3-6,14-16,18,21H,2,7-13H2,1H3. The Bertz CT molecular complexity index is 459. The molecule has 1 aromatic carbocycles. The van der Waals surface area contributed by atoms with Gasteiger partial charge >= 0.3 is 0 Å². The minimum Gasteiger partial charge on any atom is -0.317 e. The molecule has 0 saturated heterocycles. The van der Waals surface area contributed by atoms with Crippen LogP contribution in [0.4, 0.5) is 0 Å². The zero-order valence-corrected chi connectivity index (χ0v) is 13.9. The van der Waals surface area contributed by atoms with E-state index in [1.165, 1.54) is 37.7 Å². The molecule has 2 fully saturated rings. The summed E-state index contributed by atoms with van der Waals surface area (Å²) in [4.78, 5) is 0. The zero-order valence-electron chi connectivity index (χ0n) is 13.2. The Morgan fingerprint density at radius 1 is 1.24 bits per heavy atom. The van der Waals surface area contributed by atoms with Crippen molar-refractivity contribution >= 4 is 11.6 Å². The predicted octanol–water partition coefficient (Wildman–Crippen LogP) is 4.93. The summed E-state index contributed by atoms with van der Waals surface area (Å²) in [5, 5.41) is 4.50. The fourth-order valence-electron chi connectivity index (χ4n) is 4.66.